The number of carboxylic acids is 1. The molecule has 0 saturated heterocycles. The van der Waals surface area contributed by atoms with E-state index in [1.165, 1.54) is 12.1 Å². The molecule has 0 radical (unpaired) electrons. The lowest BCUT2D eigenvalue weighted by Crippen LogP contribution is -2.24. The average Bonchev–Trinajstić information content (AvgIpc) is 2.89. The summed E-state index contributed by atoms with van der Waals surface area (Å²) in [4.78, 5) is 14.5. The summed E-state index contributed by atoms with van der Waals surface area (Å²) >= 11 is 0. The summed E-state index contributed by atoms with van der Waals surface area (Å²) in [5, 5.41) is 12.4. The van der Waals surface area contributed by atoms with Crippen molar-refractivity contribution in [2.75, 3.05) is 0 Å². The van der Waals surface area contributed by atoms with Gasteiger partial charge < -0.3 is 9.63 Å². The molecule has 0 aliphatic rings. The number of sulfonamides is 1. The summed E-state index contributed by atoms with van der Waals surface area (Å²) in [6.45, 7) is 1.43. The second-order valence-electron chi connectivity index (χ2n) is 3.96. The lowest BCUT2D eigenvalue weighted by atomic mass is 10.1. The van der Waals surface area contributed by atoms with Gasteiger partial charge in [0, 0.05) is 0 Å². The van der Waals surface area contributed by atoms with Gasteiger partial charge in [-0.15, -0.1) is 0 Å². The van der Waals surface area contributed by atoms with Gasteiger partial charge in [0.1, 0.15) is 0 Å². The van der Waals surface area contributed by atoms with Crippen LogP contribution in [-0.4, -0.2) is 29.6 Å². The van der Waals surface area contributed by atoms with E-state index in [-0.39, 0.29) is 22.8 Å². The molecule has 1 heterocycles. The third-order valence-corrected chi connectivity index (χ3v) is 4.10. The Labute approximate surface area is 114 Å². The van der Waals surface area contributed by atoms with E-state index in [4.69, 9.17) is 5.11 Å². The standard InChI is InChI=1S/C11H11N3O5S/c1-7-2-3-8(11(15)16)4-9(7)20(17,18)13-5-10-12-6-19-14-10/h2-4,6,13H,5H2,1H3,(H,15,16). The largest absolute Gasteiger partial charge is 0.478 e. The molecule has 2 aromatic rings. The summed E-state index contributed by atoms with van der Waals surface area (Å²) in [6, 6.07) is 3.89. The SMILES string of the molecule is Cc1ccc(C(=O)O)cc1S(=O)(=O)NCc1ncon1. The summed E-state index contributed by atoms with van der Waals surface area (Å²) in [7, 11) is -3.86. The predicted molar refractivity (Wildman–Crippen MR) is 66.5 cm³/mol. The third kappa shape index (κ3) is 3.00. The fourth-order valence-electron chi connectivity index (χ4n) is 1.53. The Kier molecular flexibility index (Phi) is 3.81. The van der Waals surface area contributed by atoms with E-state index in [2.05, 4.69) is 19.4 Å². The Morgan fingerprint density at radius 2 is 2.20 bits per heavy atom. The lowest BCUT2D eigenvalue weighted by Gasteiger charge is -2.08. The number of hydrogen-bond acceptors (Lipinski definition) is 6. The van der Waals surface area contributed by atoms with Gasteiger partial charge in [-0.05, 0) is 24.6 Å². The van der Waals surface area contributed by atoms with Crippen molar-refractivity contribution in [2.45, 2.75) is 18.4 Å². The minimum absolute atomic E-state index is 0.0964. The number of benzene rings is 1. The molecular weight excluding hydrogens is 286 g/mol. The fraction of sp³-hybridized carbons (Fsp3) is 0.182. The molecule has 20 heavy (non-hydrogen) atoms. The monoisotopic (exact) mass is 297 g/mol. The Balaban J connectivity index is 2.28. The van der Waals surface area contributed by atoms with E-state index in [9.17, 15) is 13.2 Å². The van der Waals surface area contributed by atoms with Gasteiger partial charge in [0.25, 0.3) is 0 Å². The van der Waals surface area contributed by atoms with Gasteiger partial charge in [0.2, 0.25) is 16.4 Å². The van der Waals surface area contributed by atoms with Crippen LogP contribution in [0.25, 0.3) is 0 Å². The Hall–Kier alpha value is -2.26. The quantitative estimate of drug-likeness (QED) is 0.826. The Morgan fingerprint density at radius 1 is 1.45 bits per heavy atom. The summed E-state index contributed by atoms with van der Waals surface area (Å²) in [6.07, 6.45) is 1.08. The number of aromatic nitrogens is 2. The number of nitrogens with one attached hydrogen (secondary N) is 1. The lowest BCUT2D eigenvalue weighted by molar-refractivity contribution is 0.0696. The molecule has 2 rings (SSSR count). The number of aromatic carboxylic acids is 1. The molecule has 2 N–H and O–H groups in total. The highest BCUT2D eigenvalue weighted by Crippen LogP contribution is 2.17. The van der Waals surface area contributed by atoms with Crippen molar-refractivity contribution < 1.29 is 22.8 Å². The zero-order valence-electron chi connectivity index (χ0n) is 10.4. The van der Waals surface area contributed by atoms with Crippen LogP contribution >= 0.6 is 0 Å². The van der Waals surface area contributed by atoms with Crippen LogP contribution in [-0.2, 0) is 16.6 Å². The maximum absolute atomic E-state index is 12.1. The molecule has 106 valence electrons. The van der Waals surface area contributed by atoms with Gasteiger partial charge in [-0.3, -0.25) is 0 Å². The molecule has 0 saturated carbocycles. The van der Waals surface area contributed by atoms with Crippen LogP contribution < -0.4 is 4.72 Å². The second kappa shape index (κ2) is 5.39. The first kappa shape index (κ1) is 14.2. The van der Waals surface area contributed by atoms with Crippen LogP contribution in [0.4, 0.5) is 0 Å². The molecule has 0 spiro atoms. The van der Waals surface area contributed by atoms with E-state index in [0.29, 0.717) is 5.56 Å². The van der Waals surface area contributed by atoms with Crippen molar-refractivity contribution in [2.24, 2.45) is 0 Å². The van der Waals surface area contributed by atoms with Crippen LogP contribution in [0.2, 0.25) is 0 Å². The number of aryl methyl sites for hydroxylation is 1. The van der Waals surface area contributed by atoms with Crippen molar-refractivity contribution in [3.8, 4) is 0 Å². The zero-order valence-corrected chi connectivity index (χ0v) is 11.2. The minimum atomic E-state index is -3.86. The molecule has 0 aliphatic heterocycles. The first-order chi connectivity index (χ1) is 9.40. The van der Waals surface area contributed by atoms with Crippen molar-refractivity contribution >= 4 is 16.0 Å². The predicted octanol–water partition coefficient (Wildman–Crippen LogP) is 0.555. The van der Waals surface area contributed by atoms with Crippen LogP contribution in [0.5, 0.6) is 0 Å². The highest BCUT2D eigenvalue weighted by molar-refractivity contribution is 7.89. The van der Waals surface area contributed by atoms with Crippen LogP contribution in [0.3, 0.4) is 0 Å². The van der Waals surface area contributed by atoms with E-state index < -0.39 is 16.0 Å². The number of hydrogen-bond donors (Lipinski definition) is 2. The van der Waals surface area contributed by atoms with Gasteiger partial charge in [-0.1, -0.05) is 11.2 Å². The first-order valence-corrected chi connectivity index (χ1v) is 6.97. The van der Waals surface area contributed by atoms with Gasteiger partial charge >= 0.3 is 5.97 Å². The highest BCUT2D eigenvalue weighted by atomic mass is 32.2. The minimum Gasteiger partial charge on any atom is -0.478 e. The maximum Gasteiger partial charge on any atom is 0.335 e. The topological polar surface area (TPSA) is 122 Å². The molecule has 0 aliphatic carbocycles. The normalized spacial score (nSPS) is 11.4. The van der Waals surface area contributed by atoms with Gasteiger partial charge in [0.15, 0.2) is 5.82 Å². The summed E-state index contributed by atoms with van der Waals surface area (Å²) < 4.78 is 31.0. The molecule has 0 unspecified atom stereocenters. The summed E-state index contributed by atoms with van der Waals surface area (Å²) in [5.41, 5.74) is 0.339. The molecule has 1 aromatic heterocycles. The highest BCUT2D eigenvalue weighted by Gasteiger charge is 2.19. The van der Waals surface area contributed by atoms with Gasteiger partial charge in [-0.25, -0.2) is 17.9 Å². The third-order valence-electron chi connectivity index (χ3n) is 2.55. The molecule has 0 atom stereocenters. The van der Waals surface area contributed by atoms with Crippen LogP contribution in [0, 0.1) is 6.92 Å². The number of rotatable bonds is 5. The van der Waals surface area contributed by atoms with Crippen molar-refractivity contribution in [1.82, 2.24) is 14.9 Å². The molecule has 0 bridgehead atoms. The molecule has 9 heteroatoms. The maximum atomic E-state index is 12.1. The van der Waals surface area contributed by atoms with E-state index in [0.717, 1.165) is 12.5 Å². The molecular formula is C11H11N3O5S. The van der Waals surface area contributed by atoms with Crippen molar-refractivity contribution in [3.63, 3.8) is 0 Å². The van der Waals surface area contributed by atoms with Crippen LogP contribution in [0.15, 0.2) is 34.0 Å². The number of nitrogens with zero attached hydrogens (tertiary/aromatic N) is 2. The molecule has 0 fully saturated rings. The molecule has 0 amide bonds. The first-order valence-electron chi connectivity index (χ1n) is 5.49. The van der Waals surface area contributed by atoms with E-state index in [1.807, 2.05) is 0 Å². The summed E-state index contributed by atoms with van der Waals surface area (Å²) in [5.74, 6) is -1.01. The van der Waals surface area contributed by atoms with E-state index in [1.54, 1.807) is 6.92 Å². The van der Waals surface area contributed by atoms with Crippen molar-refractivity contribution in [3.05, 3.63) is 41.5 Å². The molecule has 1 aromatic carbocycles. The van der Waals surface area contributed by atoms with Crippen molar-refractivity contribution in [1.29, 1.82) is 0 Å². The Bertz CT molecular complexity index is 725. The Morgan fingerprint density at radius 3 is 2.80 bits per heavy atom. The smallest absolute Gasteiger partial charge is 0.335 e. The van der Waals surface area contributed by atoms with Crippen LogP contribution in [0.1, 0.15) is 21.7 Å². The number of carboxylic acid groups (broad SMARTS) is 1. The molecule has 8 nitrogen and oxygen atoms in total. The zero-order chi connectivity index (χ0) is 14.8. The van der Waals surface area contributed by atoms with Gasteiger partial charge in [-0.2, -0.15) is 4.98 Å². The second-order valence-corrected chi connectivity index (χ2v) is 5.69. The number of carbonyl (C=O) groups is 1. The average molecular weight is 297 g/mol. The van der Waals surface area contributed by atoms with E-state index >= 15 is 0 Å². The fourth-order valence-corrected chi connectivity index (χ4v) is 2.78. The van der Waals surface area contributed by atoms with Gasteiger partial charge in [0.05, 0.1) is 17.0 Å².